The lowest BCUT2D eigenvalue weighted by atomic mass is 10.1. The van der Waals surface area contributed by atoms with Gasteiger partial charge >= 0.3 is 5.97 Å². The number of aryl methyl sites for hydroxylation is 1. The van der Waals surface area contributed by atoms with E-state index in [0.29, 0.717) is 9.23 Å². The monoisotopic (exact) mass is 362 g/mol. The topological polar surface area (TPSA) is 60.9 Å². The third kappa shape index (κ3) is 3.47. The molecule has 2 aliphatic heterocycles. The van der Waals surface area contributed by atoms with E-state index in [1.807, 2.05) is 13.0 Å². The molecule has 2 heterocycles. The molecule has 0 atom stereocenters. The van der Waals surface area contributed by atoms with E-state index < -0.39 is 12.5 Å². The van der Waals surface area contributed by atoms with E-state index in [-0.39, 0.29) is 5.91 Å². The predicted octanol–water partition coefficient (Wildman–Crippen LogP) is 2.88. The summed E-state index contributed by atoms with van der Waals surface area (Å²) in [7, 11) is 0. The summed E-state index contributed by atoms with van der Waals surface area (Å²) in [5.74, 6) is -1.41. The maximum absolute atomic E-state index is 12.3. The summed E-state index contributed by atoms with van der Waals surface area (Å²) < 4.78 is 0.292. The number of benzene rings is 1. The van der Waals surface area contributed by atoms with Crippen LogP contribution in [0.3, 0.4) is 0 Å². The van der Waals surface area contributed by atoms with Crippen molar-refractivity contribution in [2.24, 2.45) is 0 Å². The summed E-state index contributed by atoms with van der Waals surface area (Å²) >= 11 is 6.26. The van der Waals surface area contributed by atoms with Gasteiger partial charge in [-0.05, 0) is 49.1 Å². The first-order valence-corrected chi connectivity index (χ1v) is 9.01. The second-order valence-electron chi connectivity index (χ2n) is 5.90. The molecular weight excluding hydrogens is 344 g/mol. The maximum atomic E-state index is 12.3. The standard InChI is InChI=1S/C17H18N2O3S2/c1-11-8-13(18-6-2-3-7-18)5-4-12(11)9-14-16(22)19(10-15(20)21)17(23)24-14/h4-5,8-9H,2-3,6-7,10H2,1H3,(H,20,21). The second kappa shape index (κ2) is 6.94. The number of carbonyl (C=O) groups excluding carboxylic acids is 1. The minimum absolute atomic E-state index is 0.292. The third-order valence-corrected chi connectivity index (χ3v) is 5.56. The van der Waals surface area contributed by atoms with Crippen molar-refractivity contribution in [1.29, 1.82) is 0 Å². The average molecular weight is 362 g/mol. The molecule has 0 radical (unpaired) electrons. The number of hydrogen-bond acceptors (Lipinski definition) is 5. The Morgan fingerprint density at radius 1 is 1.38 bits per heavy atom. The van der Waals surface area contributed by atoms with Crippen LogP contribution in [0.2, 0.25) is 0 Å². The van der Waals surface area contributed by atoms with Crippen LogP contribution < -0.4 is 4.90 Å². The van der Waals surface area contributed by atoms with Crippen molar-refractivity contribution < 1.29 is 14.7 Å². The largest absolute Gasteiger partial charge is 0.480 e. The predicted molar refractivity (Wildman–Crippen MR) is 100 cm³/mol. The van der Waals surface area contributed by atoms with E-state index in [1.165, 1.54) is 18.5 Å². The number of thioether (sulfide) groups is 1. The molecule has 1 aromatic carbocycles. The number of aliphatic carboxylic acids is 1. The van der Waals surface area contributed by atoms with Gasteiger partial charge in [0, 0.05) is 18.8 Å². The Morgan fingerprint density at radius 3 is 2.71 bits per heavy atom. The van der Waals surface area contributed by atoms with Crippen LogP contribution in [-0.4, -0.2) is 45.8 Å². The van der Waals surface area contributed by atoms with Crippen molar-refractivity contribution in [3.8, 4) is 0 Å². The number of nitrogens with zero attached hydrogens (tertiary/aromatic N) is 2. The SMILES string of the molecule is Cc1cc(N2CCCC2)ccc1C=C1SC(=S)N(CC(=O)O)C1=O. The molecule has 0 aromatic heterocycles. The molecule has 5 nitrogen and oxygen atoms in total. The first-order chi connectivity index (χ1) is 11.5. The van der Waals surface area contributed by atoms with Crippen molar-refractivity contribution in [3.63, 3.8) is 0 Å². The fraction of sp³-hybridized carbons (Fsp3) is 0.353. The molecule has 24 heavy (non-hydrogen) atoms. The first kappa shape index (κ1) is 17.0. The molecule has 0 bridgehead atoms. The zero-order valence-corrected chi connectivity index (χ0v) is 15.0. The van der Waals surface area contributed by atoms with E-state index in [1.54, 1.807) is 6.08 Å². The highest BCUT2D eigenvalue weighted by atomic mass is 32.2. The van der Waals surface area contributed by atoms with Gasteiger partial charge in [0.05, 0.1) is 4.91 Å². The van der Waals surface area contributed by atoms with Crippen molar-refractivity contribution in [3.05, 3.63) is 34.2 Å². The Hall–Kier alpha value is -1.86. The number of carbonyl (C=O) groups is 2. The zero-order chi connectivity index (χ0) is 17.3. The third-order valence-electron chi connectivity index (χ3n) is 4.18. The number of carboxylic acids is 1. The van der Waals surface area contributed by atoms with Gasteiger partial charge in [-0.15, -0.1) is 0 Å². The van der Waals surface area contributed by atoms with E-state index in [4.69, 9.17) is 17.3 Å². The van der Waals surface area contributed by atoms with Crippen molar-refractivity contribution in [1.82, 2.24) is 4.90 Å². The molecular formula is C17H18N2O3S2. The van der Waals surface area contributed by atoms with Gasteiger partial charge in [-0.1, -0.05) is 30.0 Å². The Morgan fingerprint density at radius 2 is 2.08 bits per heavy atom. The highest BCUT2D eigenvalue weighted by Gasteiger charge is 2.33. The quantitative estimate of drug-likeness (QED) is 0.656. The minimum atomic E-state index is -1.07. The lowest BCUT2D eigenvalue weighted by Crippen LogP contribution is -2.33. The number of rotatable bonds is 4. The summed E-state index contributed by atoms with van der Waals surface area (Å²) in [5, 5.41) is 8.88. The van der Waals surface area contributed by atoms with Crippen LogP contribution >= 0.6 is 24.0 Å². The fourth-order valence-corrected chi connectivity index (χ4v) is 4.15. The molecule has 126 valence electrons. The molecule has 0 unspecified atom stereocenters. The molecule has 0 spiro atoms. The van der Waals surface area contributed by atoms with Gasteiger partial charge in [0.15, 0.2) is 0 Å². The number of thiocarbonyl (C=S) groups is 1. The highest BCUT2D eigenvalue weighted by Crippen LogP contribution is 2.33. The Bertz CT molecular complexity index is 739. The molecule has 2 aliphatic rings. The number of carboxylic acid groups (broad SMARTS) is 1. The molecule has 0 saturated carbocycles. The van der Waals surface area contributed by atoms with Gasteiger partial charge < -0.3 is 10.0 Å². The highest BCUT2D eigenvalue weighted by molar-refractivity contribution is 8.26. The van der Waals surface area contributed by atoms with E-state index in [0.717, 1.165) is 40.9 Å². The normalized spacial score (nSPS) is 19.6. The smallest absolute Gasteiger partial charge is 0.323 e. The Balaban J connectivity index is 1.82. The van der Waals surface area contributed by atoms with E-state index >= 15 is 0 Å². The van der Waals surface area contributed by atoms with Crippen molar-refractivity contribution in [2.75, 3.05) is 24.5 Å². The van der Waals surface area contributed by atoms with Crippen LogP contribution in [0.5, 0.6) is 0 Å². The molecule has 7 heteroatoms. The second-order valence-corrected chi connectivity index (χ2v) is 7.57. The summed E-state index contributed by atoms with van der Waals surface area (Å²) in [6.45, 7) is 3.80. The van der Waals surface area contributed by atoms with Gasteiger partial charge in [0.2, 0.25) is 0 Å². The molecule has 1 N–H and O–H groups in total. The van der Waals surface area contributed by atoms with Crippen LogP contribution in [0.25, 0.3) is 6.08 Å². The van der Waals surface area contributed by atoms with Gasteiger partial charge in [0.25, 0.3) is 5.91 Å². The van der Waals surface area contributed by atoms with Gasteiger partial charge in [-0.2, -0.15) is 0 Å². The van der Waals surface area contributed by atoms with Crippen molar-refractivity contribution in [2.45, 2.75) is 19.8 Å². The van der Waals surface area contributed by atoms with E-state index in [9.17, 15) is 9.59 Å². The molecule has 0 aliphatic carbocycles. The summed E-state index contributed by atoms with van der Waals surface area (Å²) in [6.07, 6.45) is 4.25. The average Bonchev–Trinajstić information content (AvgIpc) is 3.14. The number of anilines is 1. The van der Waals surface area contributed by atoms with Gasteiger partial charge in [-0.25, -0.2) is 0 Å². The van der Waals surface area contributed by atoms with Crippen molar-refractivity contribution >= 4 is 51.9 Å². The first-order valence-electron chi connectivity index (χ1n) is 7.78. The van der Waals surface area contributed by atoms with Crippen LogP contribution in [0.4, 0.5) is 5.69 Å². The van der Waals surface area contributed by atoms with Gasteiger partial charge in [-0.3, -0.25) is 14.5 Å². The lowest BCUT2D eigenvalue weighted by molar-refractivity contribution is -0.140. The van der Waals surface area contributed by atoms with Crippen LogP contribution in [0.1, 0.15) is 24.0 Å². The van der Waals surface area contributed by atoms with Crippen LogP contribution in [0.15, 0.2) is 23.1 Å². The van der Waals surface area contributed by atoms with E-state index in [2.05, 4.69) is 17.0 Å². The molecule has 2 fully saturated rings. The molecule has 2 saturated heterocycles. The molecule has 1 aromatic rings. The van der Waals surface area contributed by atoms with Crippen LogP contribution in [-0.2, 0) is 9.59 Å². The van der Waals surface area contributed by atoms with Crippen LogP contribution in [0, 0.1) is 6.92 Å². The molecule has 3 rings (SSSR count). The minimum Gasteiger partial charge on any atom is -0.480 e. The van der Waals surface area contributed by atoms with Gasteiger partial charge in [0.1, 0.15) is 10.9 Å². The number of amides is 1. The zero-order valence-electron chi connectivity index (χ0n) is 13.3. The fourth-order valence-electron chi connectivity index (χ4n) is 2.91. The Kier molecular flexibility index (Phi) is 4.91. The summed E-state index contributed by atoms with van der Waals surface area (Å²) in [5.41, 5.74) is 3.25. The number of hydrogen-bond donors (Lipinski definition) is 1. The molecule has 1 amide bonds. The maximum Gasteiger partial charge on any atom is 0.323 e. The lowest BCUT2D eigenvalue weighted by Gasteiger charge is -2.18. The Labute approximate surface area is 150 Å². The summed E-state index contributed by atoms with van der Waals surface area (Å²) in [4.78, 5) is 27.1. The summed E-state index contributed by atoms with van der Waals surface area (Å²) in [6, 6.07) is 6.21.